The Bertz CT molecular complexity index is 720. The quantitative estimate of drug-likeness (QED) is 0.456. The molecule has 0 bridgehead atoms. The Balaban J connectivity index is 1.83. The molecule has 25 heavy (non-hydrogen) atoms. The number of unbranched alkanes of at least 4 members (excludes halogenated alkanes) is 7. The second kappa shape index (κ2) is 9.97. The predicted octanol–water partition coefficient (Wildman–Crippen LogP) is 5.03. The minimum atomic E-state index is -0.694. The third-order valence-corrected chi connectivity index (χ3v) is 4.28. The third-order valence-electron chi connectivity index (χ3n) is 4.28. The summed E-state index contributed by atoms with van der Waals surface area (Å²) in [6, 6.07) is 5.03. The van der Waals surface area contributed by atoms with Crippen LogP contribution in [0.2, 0.25) is 0 Å². The van der Waals surface area contributed by atoms with Crippen molar-refractivity contribution in [3.05, 3.63) is 28.6 Å². The van der Waals surface area contributed by atoms with Crippen LogP contribution in [0, 0.1) is 0 Å². The summed E-state index contributed by atoms with van der Waals surface area (Å²) in [7, 11) is 1.32. The topological polar surface area (TPSA) is 68.9 Å². The summed E-state index contributed by atoms with van der Waals surface area (Å²) in [5.74, 6) is 0.237. The van der Waals surface area contributed by atoms with E-state index in [0.717, 1.165) is 12.8 Å². The van der Waals surface area contributed by atoms with Crippen LogP contribution >= 0.6 is 0 Å². The van der Waals surface area contributed by atoms with Gasteiger partial charge in [-0.3, -0.25) is 0 Å². The van der Waals surface area contributed by atoms with Gasteiger partial charge in [-0.15, -0.1) is 0 Å². The Morgan fingerprint density at radius 2 is 1.72 bits per heavy atom. The molecule has 1 aromatic carbocycles. The Morgan fingerprint density at radius 1 is 1.04 bits per heavy atom. The van der Waals surface area contributed by atoms with Crippen molar-refractivity contribution in [2.24, 2.45) is 0 Å². The molecular formula is C20H28O5. The summed E-state index contributed by atoms with van der Waals surface area (Å²) in [4.78, 5) is 11.6. The van der Waals surface area contributed by atoms with Crippen LogP contribution < -0.4 is 15.1 Å². The van der Waals surface area contributed by atoms with E-state index in [2.05, 4.69) is 6.92 Å². The maximum Gasteiger partial charge on any atom is 0.383 e. The zero-order valence-electron chi connectivity index (χ0n) is 15.2. The molecule has 1 N–H and O–H groups in total. The Hall–Kier alpha value is -2.17. The van der Waals surface area contributed by atoms with Crippen molar-refractivity contribution in [1.29, 1.82) is 0 Å². The molecular weight excluding hydrogens is 320 g/mol. The van der Waals surface area contributed by atoms with E-state index in [-0.39, 0.29) is 11.5 Å². The van der Waals surface area contributed by atoms with Crippen molar-refractivity contribution in [1.82, 2.24) is 0 Å². The molecule has 0 fully saturated rings. The van der Waals surface area contributed by atoms with Gasteiger partial charge in [-0.25, -0.2) is 4.79 Å². The lowest BCUT2D eigenvalue weighted by molar-refractivity contribution is 0.304. The number of hydrogen-bond donors (Lipinski definition) is 1. The summed E-state index contributed by atoms with van der Waals surface area (Å²) < 4.78 is 15.8. The van der Waals surface area contributed by atoms with Crippen molar-refractivity contribution in [3.63, 3.8) is 0 Å². The maximum absolute atomic E-state index is 11.6. The second-order valence-electron chi connectivity index (χ2n) is 6.25. The zero-order valence-corrected chi connectivity index (χ0v) is 15.2. The van der Waals surface area contributed by atoms with E-state index in [1.54, 1.807) is 18.2 Å². The first kappa shape index (κ1) is 19.2. The Kier molecular flexibility index (Phi) is 7.64. The molecule has 0 radical (unpaired) electrons. The van der Waals surface area contributed by atoms with Gasteiger partial charge in [0.1, 0.15) is 11.3 Å². The third kappa shape index (κ3) is 5.41. The summed E-state index contributed by atoms with van der Waals surface area (Å²) in [5.41, 5.74) is -0.386. The van der Waals surface area contributed by atoms with Gasteiger partial charge >= 0.3 is 5.63 Å². The molecule has 138 valence electrons. The smallest absolute Gasteiger partial charge is 0.383 e. The van der Waals surface area contributed by atoms with E-state index in [0.29, 0.717) is 23.3 Å². The highest BCUT2D eigenvalue weighted by Crippen LogP contribution is 2.33. The van der Waals surface area contributed by atoms with E-state index >= 15 is 0 Å². The first-order chi connectivity index (χ1) is 12.2. The molecule has 0 aliphatic carbocycles. The second-order valence-corrected chi connectivity index (χ2v) is 6.25. The summed E-state index contributed by atoms with van der Waals surface area (Å²) in [6.45, 7) is 2.86. The molecule has 1 heterocycles. The normalized spacial score (nSPS) is 11.0. The van der Waals surface area contributed by atoms with E-state index in [1.165, 1.54) is 45.6 Å². The molecule has 0 amide bonds. The van der Waals surface area contributed by atoms with Crippen LogP contribution in [-0.2, 0) is 0 Å². The highest BCUT2D eigenvalue weighted by molar-refractivity contribution is 5.86. The molecule has 0 saturated heterocycles. The van der Waals surface area contributed by atoms with Crippen LogP contribution in [0.3, 0.4) is 0 Å². The SMILES string of the molecule is CCCCCCCCCCOc1ccc2oc(=O)c(OC)c(O)c2c1. The van der Waals surface area contributed by atoms with Gasteiger partial charge in [0.05, 0.1) is 19.1 Å². The van der Waals surface area contributed by atoms with Crippen LogP contribution in [0.5, 0.6) is 17.2 Å². The van der Waals surface area contributed by atoms with Gasteiger partial charge in [-0.2, -0.15) is 0 Å². The number of aromatic hydroxyl groups is 1. The Morgan fingerprint density at radius 3 is 2.40 bits per heavy atom. The molecule has 1 aromatic heterocycles. The monoisotopic (exact) mass is 348 g/mol. The van der Waals surface area contributed by atoms with Crippen molar-refractivity contribution < 1.29 is 19.0 Å². The average molecular weight is 348 g/mol. The summed E-state index contributed by atoms with van der Waals surface area (Å²) in [5, 5.41) is 10.6. The van der Waals surface area contributed by atoms with Crippen molar-refractivity contribution >= 4 is 11.0 Å². The average Bonchev–Trinajstić information content (AvgIpc) is 2.61. The number of hydrogen-bond acceptors (Lipinski definition) is 5. The van der Waals surface area contributed by atoms with E-state index in [4.69, 9.17) is 13.9 Å². The molecule has 2 aromatic rings. The van der Waals surface area contributed by atoms with Gasteiger partial charge in [-0.05, 0) is 24.6 Å². The largest absolute Gasteiger partial charge is 0.504 e. The number of fused-ring (bicyclic) bond motifs is 1. The van der Waals surface area contributed by atoms with E-state index in [1.807, 2.05) is 0 Å². The minimum absolute atomic E-state index is 0.187. The number of rotatable bonds is 11. The van der Waals surface area contributed by atoms with E-state index in [9.17, 15) is 9.90 Å². The number of benzene rings is 1. The standard InChI is InChI=1S/C20H28O5/c1-3-4-5-6-7-8-9-10-13-24-15-11-12-17-16(14-15)18(21)19(23-2)20(22)25-17/h11-12,14,21H,3-10,13H2,1-2H3. The lowest BCUT2D eigenvalue weighted by atomic mass is 10.1. The highest BCUT2D eigenvalue weighted by atomic mass is 16.5. The first-order valence-electron chi connectivity index (χ1n) is 9.14. The predicted molar refractivity (Wildman–Crippen MR) is 98.8 cm³/mol. The molecule has 0 aliphatic rings. The number of ether oxygens (including phenoxy) is 2. The minimum Gasteiger partial charge on any atom is -0.504 e. The van der Waals surface area contributed by atoms with Crippen molar-refractivity contribution in [2.45, 2.75) is 58.3 Å². The fraction of sp³-hybridized carbons (Fsp3) is 0.550. The first-order valence-corrected chi connectivity index (χ1v) is 9.14. The Labute approximate surface area is 148 Å². The molecule has 0 unspecified atom stereocenters. The van der Waals surface area contributed by atoms with Crippen molar-refractivity contribution in [2.75, 3.05) is 13.7 Å². The van der Waals surface area contributed by atoms with Crippen LogP contribution in [0.4, 0.5) is 0 Å². The van der Waals surface area contributed by atoms with Crippen LogP contribution in [0.15, 0.2) is 27.4 Å². The highest BCUT2D eigenvalue weighted by Gasteiger charge is 2.14. The van der Waals surface area contributed by atoms with Crippen LogP contribution in [-0.4, -0.2) is 18.8 Å². The summed E-state index contributed by atoms with van der Waals surface area (Å²) in [6.07, 6.45) is 9.99. The number of methoxy groups -OCH3 is 1. The fourth-order valence-corrected chi connectivity index (χ4v) is 2.84. The molecule has 0 aliphatic heterocycles. The zero-order chi connectivity index (χ0) is 18.1. The lowest BCUT2D eigenvalue weighted by Crippen LogP contribution is -2.04. The van der Waals surface area contributed by atoms with Crippen LogP contribution in [0.25, 0.3) is 11.0 Å². The lowest BCUT2D eigenvalue weighted by Gasteiger charge is -2.09. The molecule has 0 atom stereocenters. The van der Waals surface area contributed by atoms with Gasteiger partial charge < -0.3 is 19.0 Å². The van der Waals surface area contributed by atoms with Crippen molar-refractivity contribution in [3.8, 4) is 17.2 Å². The van der Waals surface area contributed by atoms with Crippen LogP contribution in [0.1, 0.15) is 58.3 Å². The van der Waals surface area contributed by atoms with Gasteiger partial charge in [-0.1, -0.05) is 51.9 Å². The van der Waals surface area contributed by atoms with E-state index < -0.39 is 5.63 Å². The van der Waals surface area contributed by atoms with Gasteiger partial charge in [0, 0.05) is 0 Å². The fourth-order valence-electron chi connectivity index (χ4n) is 2.84. The maximum atomic E-state index is 11.6. The molecule has 2 rings (SSSR count). The molecule has 0 spiro atoms. The van der Waals surface area contributed by atoms with Gasteiger partial charge in [0.15, 0.2) is 5.75 Å². The molecule has 5 heteroatoms. The molecule has 5 nitrogen and oxygen atoms in total. The molecule has 0 saturated carbocycles. The van der Waals surface area contributed by atoms with Gasteiger partial charge in [0.25, 0.3) is 0 Å². The summed E-state index contributed by atoms with van der Waals surface area (Å²) >= 11 is 0. The van der Waals surface area contributed by atoms with Gasteiger partial charge in [0.2, 0.25) is 5.75 Å².